The van der Waals surface area contributed by atoms with Gasteiger partial charge in [-0.1, -0.05) is 18.2 Å². The average Bonchev–Trinajstić information content (AvgIpc) is 2.37. The second-order valence-corrected chi connectivity index (χ2v) is 6.85. The molecule has 0 aliphatic carbocycles. The molecule has 1 aromatic carbocycles. The van der Waals surface area contributed by atoms with Crippen molar-refractivity contribution in [3.8, 4) is 0 Å². The summed E-state index contributed by atoms with van der Waals surface area (Å²) in [6.45, 7) is 4.38. The predicted molar refractivity (Wildman–Crippen MR) is 77.8 cm³/mol. The first-order valence-corrected chi connectivity index (χ1v) is 8.31. The topological polar surface area (TPSA) is 52.6 Å². The Morgan fingerprint density at radius 3 is 2.42 bits per heavy atom. The Morgan fingerprint density at radius 1 is 1.16 bits per heavy atom. The third-order valence-corrected chi connectivity index (χ3v) is 4.03. The quantitative estimate of drug-likeness (QED) is 0.874. The maximum Gasteiger partial charge on any atom is 0.209 e. The van der Waals surface area contributed by atoms with Gasteiger partial charge in [0.1, 0.15) is 0 Å². The van der Waals surface area contributed by atoms with E-state index >= 15 is 0 Å². The normalized spacial score (nSPS) is 17.7. The van der Waals surface area contributed by atoms with Gasteiger partial charge in [-0.3, -0.25) is 0 Å². The van der Waals surface area contributed by atoms with Crippen LogP contribution in [0.5, 0.6) is 0 Å². The summed E-state index contributed by atoms with van der Waals surface area (Å²) in [5.41, 5.74) is 2.16. The van der Waals surface area contributed by atoms with Gasteiger partial charge < -0.3 is 9.80 Å². The lowest BCUT2D eigenvalue weighted by Gasteiger charge is -2.35. The van der Waals surface area contributed by atoms with Crippen LogP contribution in [0.15, 0.2) is 24.3 Å². The number of likely N-dealkylation sites (N-methyl/N-ethyl adjacent to an activating group) is 1. The number of sulfonamides is 1. The lowest BCUT2D eigenvalue weighted by Crippen LogP contribution is -2.45. The van der Waals surface area contributed by atoms with E-state index in [0.29, 0.717) is 6.54 Å². The van der Waals surface area contributed by atoms with Crippen LogP contribution in [0, 0.1) is 0 Å². The van der Waals surface area contributed by atoms with E-state index in [-0.39, 0.29) is 0 Å². The van der Waals surface area contributed by atoms with E-state index in [1.54, 1.807) is 0 Å². The minimum Gasteiger partial charge on any atom is -0.369 e. The molecule has 0 aromatic heterocycles. The first-order chi connectivity index (χ1) is 8.96. The molecule has 0 radical (unpaired) electrons. The zero-order valence-electron chi connectivity index (χ0n) is 11.5. The molecule has 1 fully saturated rings. The van der Waals surface area contributed by atoms with Crippen molar-refractivity contribution in [3.05, 3.63) is 29.8 Å². The van der Waals surface area contributed by atoms with Crippen molar-refractivity contribution >= 4 is 15.7 Å². The SMILES string of the molecule is CN1CCN(c2ccccc2CNS(C)(=O)=O)CC1. The van der Waals surface area contributed by atoms with Crippen LogP contribution >= 0.6 is 0 Å². The number of benzene rings is 1. The van der Waals surface area contributed by atoms with Gasteiger partial charge in [0.25, 0.3) is 0 Å². The van der Waals surface area contributed by atoms with Crippen LogP contribution in [0.2, 0.25) is 0 Å². The number of rotatable bonds is 4. The van der Waals surface area contributed by atoms with E-state index in [1.165, 1.54) is 6.26 Å². The van der Waals surface area contributed by atoms with E-state index in [4.69, 9.17) is 0 Å². The van der Waals surface area contributed by atoms with Crippen molar-refractivity contribution in [2.24, 2.45) is 0 Å². The van der Waals surface area contributed by atoms with Crippen molar-refractivity contribution < 1.29 is 8.42 Å². The van der Waals surface area contributed by atoms with Gasteiger partial charge >= 0.3 is 0 Å². The van der Waals surface area contributed by atoms with Crippen molar-refractivity contribution in [2.45, 2.75) is 6.54 Å². The van der Waals surface area contributed by atoms with E-state index < -0.39 is 10.0 Å². The number of para-hydroxylation sites is 1. The number of anilines is 1. The number of hydrogen-bond acceptors (Lipinski definition) is 4. The number of hydrogen-bond donors (Lipinski definition) is 1. The molecule has 1 aliphatic rings. The van der Waals surface area contributed by atoms with Gasteiger partial charge in [0.15, 0.2) is 0 Å². The fourth-order valence-corrected chi connectivity index (χ4v) is 2.64. The minimum atomic E-state index is -3.16. The lowest BCUT2D eigenvalue weighted by atomic mass is 10.1. The Labute approximate surface area is 115 Å². The van der Waals surface area contributed by atoms with Gasteiger partial charge in [-0.2, -0.15) is 0 Å². The summed E-state index contributed by atoms with van der Waals surface area (Å²) < 4.78 is 25.0. The van der Waals surface area contributed by atoms with Gasteiger partial charge in [-0.25, -0.2) is 13.1 Å². The highest BCUT2D eigenvalue weighted by Gasteiger charge is 2.16. The van der Waals surface area contributed by atoms with Gasteiger partial charge in [0.05, 0.1) is 6.26 Å². The third-order valence-electron chi connectivity index (χ3n) is 3.36. The monoisotopic (exact) mass is 283 g/mol. The van der Waals surface area contributed by atoms with Crippen molar-refractivity contribution in [2.75, 3.05) is 44.4 Å². The van der Waals surface area contributed by atoms with Gasteiger partial charge in [-0.15, -0.1) is 0 Å². The summed E-state index contributed by atoms with van der Waals surface area (Å²) in [5, 5.41) is 0. The second kappa shape index (κ2) is 5.90. The zero-order valence-corrected chi connectivity index (χ0v) is 12.3. The Hall–Kier alpha value is -1.11. The fourth-order valence-electron chi connectivity index (χ4n) is 2.23. The smallest absolute Gasteiger partial charge is 0.209 e. The molecule has 0 saturated carbocycles. The molecule has 2 rings (SSSR count). The van der Waals surface area contributed by atoms with E-state index in [9.17, 15) is 8.42 Å². The van der Waals surface area contributed by atoms with Crippen LogP contribution in [-0.2, 0) is 16.6 Å². The summed E-state index contributed by atoms with van der Waals surface area (Å²) in [6, 6.07) is 7.98. The second-order valence-electron chi connectivity index (χ2n) is 5.01. The molecule has 1 aliphatic heterocycles. The van der Waals surface area contributed by atoms with Crippen LogP contribution < -0.4 is 9.62 Å². The molecule has 19 heavy (non-hydrogen) atoms. The highest BCUT2D eigenvalue weighted by Crippen LogP contribution is 2.21. The first-order valence-electron chi connectivity index (χ1n) is 6.42. The van der Waals surface area contributed by atoms with Crippen molar-refractivity contribution in [3.63, 3.8) is 0 Å². The van der Waals surface area contributed by atoms with Crippen LogP contribution in [0.3, 0.4) is 0 Å². The molecule has 106 valence electrons. The molecule has 0 bridgehead atoms. The van der Waals surface area contributed by atoms with Crippen LogP contribution in [0.25, 0.3) is 0 Å². The average molecular weight is 283 g/mol. The van der Waals surface area contributed by atoms with Gasteiger partial charge in [0, 0.05) is 38.4 Å². The van der Waals surface area contributed by atoms with Crippen molar-refractivity contribution in [1.82, 2.24) is 9.62 Å². The molecule has 0 spiro atoms. The zero-order chi connectivity index (χ0) is 13.9. The molecular weight excluding hydrogens is 262 g/mol. The Morgan fingerprint density at radius 2 is 1.79 bits per heavy atom. The van der Waals surface area contributed by atoms with E-state index in [2.05, 4.69) is 27.6 Å². The van der Waals surface area contributed by atoms with Gasteiger partial charge in [0.2, 0.25) is 10.0 Å². The van der Waals surface area contributed by atoms with Crippen molar-refractivity contribution in [1.29, 1.82) is 0 Å². The van der Waals surface area contributed by atoms with Gasteiger partial charge in [-0.05, 0) is 18.7 Å². The van der Waals surface area contributed by atoms with E-state index in [1.807, 2.05) is 18.2 Å². The van der Waals surface area contributed by atoms with E-state index in [0.717, 1.165) is 37.4 Å². The highest BCUT2D eigenvalue weighted by molar-refractivity contribution is 7.88. The maximum atomic E-state index is 11.2. The van der Waals surface area contributed by atoms with Crippen LogP contribution in [0.1, 0.15) is 5.56 Å². The molecule has 5 nitrogen and oxygen atoms in total. The summed E-state index contributed by atoms with van der Waals surface area (Å²) in [7, 11) is -1.04. The lowest BCUT2D eigenvalue weighted by molar-refractivity contribution is 0.312. The largest absolute Gasteiger partial charge is 0.369 e. The highest BCUT2D eigenvalue weighted by atomic mass is 32.2. The van der Waals surface area contributed by atoms with Crippen LogP contribution in [-0.4, -0.2) is 52.8 Å². The standard InChI is InChI=1S/C13H21N3O2S/c1-15-7-9-16(10-8-15)13-6-4-3-5-12(13)11-14-19(2,17)18/h3-6,14H,7-11H2,1-2H3. The predicted octanol–water partition coefficient (Wildman–Crippen LogP) is 0.488. The number of piperazine rings is 1. The number of nitrogens with one attached hydrogen (secondary N) is 1. The molecule has 1 saturated heterocycles. The first kappa shape index (κ1) is 14.3. The summed E-state index contributed by atoms with van der Waals surface area (Å²) in [4.78, 5) is 4.62. The molecule has 1 N–H and O–H groups in total. The fraction of sp³-hybridized carbons (Fsp3) is 0.538. The summed E-state index contributed by atoms with van der Waals surface area (Å²) in [6.07, 6.45) is 1.19. The molecule has 1 aromatic rings. The molecule has 0 amide bonds. The molecule has 0 unspecified atom stereocenters. The molecule has 0 atom stereocenters. The third kappa shape index (κ3) is 4.19. The maximum absolute atomic E-state index is 11.2. The Bertz CT molecular complexity index is 522. The van der Waals surface area contributed by atoms with Crippen LogP contribution in [0.4, 0.5) is 5.69 Å². The summed E-state index contributed by atoms with van der Waals surface area (Å²) in [5.74, 6) is 0. The molecular formula is C13H21N3O2S. The Balaban J connectivity index is 2.12. The Kier molecular flexibility index (Phi) is 4.44. The number of nitrogens with zero attached hydrogens (tertiary/aromatic N) is 2. The minimum absolute atomic E-state index is 0.349. The molecule has 1 heterocycles. The summed E-state index contributed by atoms with van der Waals surface area (Å²) >= 11 is 0. The molecule has 6 heteroatoms.